The Hall–Kier alpha value is -0.760. The fourth-order valence-corrected chi connectivity index (χ4v) is 1.85. The molecule has 0 aromatic carbocycles. The van der Waals surface area contributed by atoms with Crippen LogP contribution in [-0.4, -0.2) is 25.0 Å². The van der Waals surface area contributed by atoms with Gasteiger partial charge in [0.05, 0.1) is 12.5 Å². The lowest BCUT2D eigenvalue weighted by Crippen LogP contribution is -2.29. The number of hydrogen-bond acceptors (Lipinski definition) is 2. The monoisotopic (exact) mass is 165 g/mol. The van der Waals surface area contributed by atoms with Crippen LogP contribution in [0, 0.1) is 0 Å². The van der Waals surface area contributed by atoms with Gasteiger partial charge in [0.15, 0.2) is 0 Å². The van der Waals surface area contributed by atoms with E-state index in [1.807, 2.05) is 6.26 Å². The summed E-state index contributed by atoms with van der Waals surface area (Å²) in [5, 5.41) is 0. The van der Waals surface area contributed by atoms with Gasteiger partial charge < -0.3 is 9.32 Å². The van der Waals surface area contributed by atoms with Crippen LogP contribution in [0.4, 0.5) is 0 Å². The normalized spacial score (nSPS) is 21.4. The molecular weight excluding hydrogens is 150 g/mol. The first-order chi connectivity index (χ1) is 5.86. The highest BCUT2D eigenvalue weighted by molar-refractivity contribution is 5.13. The Bertz CT molecular complexity index is 222. The van der Waals surface area contributed by atoms with Crippen LogP contribution in [0.25, 0.3) is 0 Å². The van der Waals surface area contributed by atoms with Gasteiger partial charge in [-0.15, -0.1) is 0 Å². The number of hydrogen-bond donors (Lipinski definition) is 0. The molecule has 2 heteroatoms. The molecule has 0 atom stereocenters. The van der Waals surface area contributed by atoms with E-state index in [1.54, 1.807) is 6.26 Å². The molecule has 66 valence electrons. The number of rotatable bonds is 1. The molecule has 0 radical (unpaired) electrons. The smallest absolute Gasteiger partial charge is 0.0937 e. The number of piperidine rings is 1. The lowest BCUT2D eigenvalue weighted by molar-refractivity contribution is 0.255. The van der Waals surface area contributed by atoms with Crippen molar-refractivity contribution in [1.29, 1.82) is 0 Å². The van der Waals surface area contributed by atoms with Crippen LogP contribution in [-0.2, 0) is 0 Å². The summed E-state index contributed by atoms with van der Waals surface area (Å²) < 4.78 is 5.08. The summed E-state index contributed by atoms with van der Waals surface area (Å²) in [6.45, 7) is 2.44. The largest absolute Gasteiger partial charge is 0.472 e. The summed E-state index contributed by atoms with van der Waals surface area (Å²) >= 11 is 0. The zero-order valence-electron chi connectivity index (χ0n) is 7.49. The van der Waals surface area contributed by atoms with Crippen LogP contribution >= 0.6 is 0 Å². The molecule has 2 heterocycles. The SMILES string of the molecule is CN1CCC(c2ccoc2)CC1. The van der Waals surface area contributed by atoms with Gasteiger partial charge in [-0.1, -0.05) is 0 Å². The number of nitrogens with zero attached hydrogens (tertiary/aromatic N) is 1. The van der Waals surface area contributed by atoms with Crippen LogP contribution in [0.15, 0.2) is 23.0 Å². The topological polar surface area (TPSA) is 16.4 Å². The van der Waals surface area contributed by atoms with Crippen molar-refractivity contribution in [2.45, 2.75) is 18.8 Å². The van der Waals surface area contributed by atoms with Gasteiger partial charge in [-0.3, -0.25) is 0 Å². The molecule has 0 N–H and O–H groups in total. The minimum Gasteiger partial charge on any atom is -0.472 e. The van der Waals surface area contributed by atoms with E-state index in [-0.39, 0.29) is 0 Å². The molecule has 0 aliphatic carbocycles. The molecule has 0 unspecified atom stereocenters. The minimum absolute atomic E-state index is 0.736. The molecule has 1 fully saturated rings. The third-order valence-electron chi connectivity index (χ3n) is 2.73. The van der Waals surface area contributed by atoms with Crippen LogP contribution in [0.2, 0.25) is 0 Å². The Morgan fingerprint density at radius 1 is 1.42 bits per heavy atom. The van der Waals surface area contributed by atoms with Crippen molar-refractivity contribution in [2.24, 2.45) is 0 Å². The zero-order chi connectivity index (χ0) is 8.39. The van der Waals surface area contributed by atoms with Crippen LogP contribution in [0.3, 0.4) is 0 Å². The van der Waals surface area contributed by atoms with Gasteiger partial charge in [0, 0.05) is 0 Å². The van der Waals surface area contributed by atoms with Crippen molar-refractivity contribution in [2.75, 3.05) is 20.1 Å². The van der Waals surface area contributed by atoms with Crippen molar-refractivity contribution >= 4 is 0 Å². The molecule has 1 aliphatic heterocycles. The zero-order valence-corrected chi connectivity index (χ0v) is 7.49. The van der Waals surface area contributed by atoms with Gasteiger partial charge in [-0.05, 0) is 50.5 Å². The van der Waals surface area contributed by atoms with E-state index >= 15 is 0 Å². The molecule has 1 aliphatic rings. The van der Waals surface area contributed by atoms with Crippen molar-refractivity contribution in [3.63, 3.8) is 0 Å². The molecule has 0 saturated carbocycles. The highest BCUT2D eigenvalue weighted by atomic mass is 16.3. The minimum atomic E-state index is 0.736. The molecule has 1 saturated heterocycles. The Kier molecular flexibility index (Phi) is 2.17. The Morgan fingerprint density at radius 3 is 2.75 bits per heavy atom. The summed E-state index contributed by atoms with van der Waals surface area (Å²) in [5.74, 6) is 0.736. The Labute approximate surface area is 73.2 Å². The lowest BCUT2D eigenvalue weighted by atomic mass is 9.92. The van der Waals surface area contributed by atoms with Crippen LogP contribution in [0.1, 0.15) is 24.3 Å². The maximum Gasteiger partial charge on any atom is 0.0937 e. The predicted molar refractivity (Wildman–Crippen MR) is 48.2 cm³/mol. The van der Waals surface area contributed by atoms with Gasteiger partial charge in [0.25, 0.3) is 0 Å². The molecule has 1 aromatic rings. The van der Waals surface area contributed by atoms with Crippen molar-refractivity contribution < 1.29 is 4.42 Å². The summed E-state index contributed by atoms with van der Waals surface area (Å²) in [6.07, 6.45) is 6.20. The van der Waals surface area contributed by atoms with Gasteiger partial charge >= 0.3 is 0 Å². The van der Waals surface area contributed by atoms with E-state index in [0.717, 1.165) is 5.92 Å². The fraction of sp³-hybridized carbons (Fsp3) is 0.600. The average Bonchev–Trinajstić information content (AvgIpc) is 2.58. The molecule has 12 heavy (non-hydrogen) atoms. The lowest BCUT2D eigenvalue weighted by Gasteiger charge is -2.28. The second-order valence-corrected chi connectivity index (χ2v) is 3.63. The van der Waals surface area contributed by atoms with Gasteiger partial charge in [-0.25, -0.2) is 0 Å². The van der Waals surface area contributed by atoms with E-state index in [9.17, 15) is 0 Å². The maximum atomic E-state index is 5.08. The predicted octanol–water partition coefficient (Wildman–Crippen LogP) is 2.09. The average molecular weight is 165 g/mol. The summed E-state index contributed by atoms with van der Waals surface area (Å²) in [6, 6.07) is 2.09. The van der Waals surface area contributed by atoms with Crippen LogP contribution < -0.4 is 0 Å². The molecule has 2 rings (SSSR count). The molecule has 0 amide bonds. The van der Waals surface area contributed by atoms with Gasteiger partial charge in [0.2, 0.25) is 0 Å². The molecule has 1 aromatic heterocycles. The standard InChI is InChI=1S/C10H15NO/c1-11-5-2-9(3-6-11)10-4-7-12-8-10/h4,7-9H,2-3,5-6H2,1H3. The first kappa shape index (κ1) is 7.87. The first-order valence-electron chi connectivity index (χ1n) is 4.57. The summed E-state index contributed by atoms with van der Waals surface area (Å²) in [7, 11) is 2.19. The van der Waals surface area contributed by atoms with E-state index < -0.39 is 0 Å². The first-order valence-corrected chi connectivity index (χ1v) is 4.57. The Morgan fingerprint density at radius 2 is 2.17 bits per heavy atom. The highest BCUT2D eigenvalue weighted by Crippen LogP contribution is 2.27. The van der Waals surface area contributed by atoms with Crippen molar-refractivity contribution in [3.8, 4) is 0 Å². The van der Waals surface area contributed by atoms with Crippen molar-refractivity contribution in [1.82, 2.24) is 4.90 Å². The second kappa shape index (κ2) is 3.31. The quantitative estimate of drug-likeness (QED) is 0.633. The molecule has 2 nitrogen and oxygen atoms in total. The Balaban J connectivity index is 1.99. The van der Waals surface area contributed by atoms with Crippen LogP contribution in [0.5, 0.6) is 0 Å². The fourth-order valence-electron chi connectivity index (χ4n) is 1.85. The second-order valence-electron chi connectivity index (χ2n) is 3.63. The van der Waals surface area contributed by atoms with Gasteiger partial charge in [0.1, 0.15) is 0 Å². The summed E-state index contributed by atoms with van der Waals surface area (Å²) in [5.41, 5.74) is 1.38. The maximum absolute atomic E-state index is 5.08. The molecule has 0 bridgehead atoms. The van der Waals surface area contributed by atoms with Gasteiger partial charge in [-0.2, -0.15) is 0 Å². The number of furan rings is 1. The van der Waals surface area contributed by atoms with E-state index in [2.05, 4.69) is 18.0 Å². The third kappa shape index (κ3) is 1.53. The van der Waals surface area contributed by atoms with E-state index in [0.29, 0.717) is 0 Å². The molecular formula is C10H15NO. The van der Waals surface area contributed by atoms with E-state index in [4.69, 9.17) is 4.42 Å². The molecule has 0 spiro atoms. The van der Waals surface area contributed by atoms with E-state index in [1.165, 1.54) is 31.5 Å². The third-order valence-corrected chi connectivity index (χ3v) is 2.73. The number of likely N-dealkylation sites (tertiary alicyclic amines) is 1. The summed E-state index contributed by atoms with van der Waals surface area (Å²) in [4.78, 5) is 2.39. The van der Waals surface area contributed by atoms with Crippen molar-refractivity contribution in [3.05, 3.63) is 24.2 Å². The highest BCUT2D eigenvalue weighted by Gasteiger charge is 2.18.